The summed E-state index contributed by atoms with van der Waals surface area (Å²) in [5.41, 5.74) is 1.09. The number of carbonyl (C=O) groups is 1. The maximum atomic E-state index is 12.8. The summed E-state index contributed by atoms with van der Waals surface area (Å²) in [4.78, 5) is 12.8. The van der Waals surface area contributed by atoms with Crippen LogP contribution in [0.1, 0.15) is 52.5 Å². The Labute approximate surface area is 145 Å². The minimum Gasteiger partial charge on any atom is -0.493 e. The Balaban J connectivity index is 2.03. The molecule has 1 N–H and O–H groups in total. The van der Waals surface area contributed by atoms with Crippen LogP contribution in [-0.4, -0.2) is 24.7 Å². The number of benzene rings is 1. The molecule has 0 radical (unpaired) electrons. The standard InChI is InChI=1S/C20H31NO3/c1-6-11-24-20(5,16-7-8-16)19(22)21-17-9-10-18(15(4)12-17)23-13-14(2)3/h9-10,12,14,16H,6-8,11,13H2,1-5H3,(H,21,22)/t20-/m0/s1. The van der Waals surface area contributed by atoms with Gasteiger partial charge in [0.2, 0.25) is 0 Å². The topological polar surface area (TPSA) is 47.6 Å². The fraction of sp³-hybridized carbons (Fsp3) is 0.650. The lowest BCUT2D eigenvalue weighted by Gasteiger charge is -2.28. The van der Waals surface area contributed by atoms with Crippen LogP contribution in [0.25, 0.3) is 0 Å². The minimum atomic E-state index is -0.725. The largest absolute Gasteiger partial charge is 0.493 e. The van der Waals surface area contributed by atoms with Crippen molar-refractivity contribution in [2.75, 3.05) is 18.5 Å². The molecule has 134 valence electrons. The second kappa shape index (κ2) is 8.02. The first kappa shape index (κ1) is 18.8. The first-order valence-electron chi connectivity index (χ1n) is 9.05. The van der Waals surface area contributed by atoms with Crippen molar-refractivity contribution in [3.63, 3.8) is 0 Å². The zero-order valence-electron chi connectivity index (χ0n) is 15.6. The van der Waals surface area contributed by atoms with Gasteiger partial charge in [0.25, 0.3) is 5.91 Å². The summed E-state index contributed by atoms with van der Waals surface area (Å²) >= 11 is 0. The Morgan fingerprint density at radius 2 is 2.08 bits per heavy atom. The van der Waals surface area contributed by atoms with Gasteiger partial charge in [0.1, 0.15) is 11.4 Å². The van der Waals surface area contributed by atoms with Gasteiger partial charge >= 0.3 is 0 Å². The molecule has 1 aromatic carbocycles. The third-order valence-corrected chi connectivity index (χ3v) is 4.42. The maximum absolute atomic E-state index is 12.8. The number of ether oxygens (including phenoxy) is 2. The molecule has 1 saturated carbocycles. The van der Waals surface area contributed by atoms with Crippen molar-refractivity contribution in [3.05, 3.63) is 23.8 Å². The maximum Gasteiger partial charge on any atom is 0.256 e. The summed E-state index contributed by atoms with van der Waals surface area (Å²) in [6, 6.07) is 5.78. The van der Waals surface area contributed by atoms with Crippen LogP contribution in [0.5, 0.6) is 5.75 Å². The minimum absolute atomic E-state index is 0.0475. The Kier molecular flexibility index (Phi) is 6.27. The van der Waals surface area contributed by atoms with Gasteiger partial charge in [0.15, 0.2) is 0 Å². The molecule has 2 rings (SSSR count). The van der Waals surface area contributed by atoms with Crippen molar-refractivity contribution >= 4 is 11.6 Å². The molecule has 0 aliphatic heterocycles. The summed E-state index contributed by atoms with van der Waals surface area (Å²) in [7, 11) is 0. The monoisotopic (exact) mass is 333 g/mol. The highest BCUT2D eigenvalue weighted by atomic mass is 16.5. The van der Waals surface area contributed by atoms with E-state index >= 15 is 0 Å². The molecule has 24 heavy (non-hydrogen) atoms. The average Bonchev–Trinajstić information content (AvgIpc) is 3.36. The Morgan fingerprint density at radius 1 is 1.38 bits per heavy atom. The molecular weight excluding hydrogens is 302 g/mol. The molecule has 0 aromatic heterocycles. The van der Waals surface area contributed by atoms with Crippen molar-refractivity contribution in [3.8, 4) is 5.75 Å². The van der Waals surface area contributed by atoms with Crippen LogP contribution in [0.4, 0.5) is 5.69 Å². The van der Waals surface area contributed by atoms with Crippen LogP contribution in [-0.2, 0) is 9.53 Å². The highest BCUT2D eigenvalue weighted by Gasteiger charge is 2.48. The van der Waals surface area contributed by atoms with E-state index in [1.54, 1.807) is 0 Å². The second-order valence-electron chi connectivity index (χ2n) is 7.37. The Morgan fingerprint density at radius 3 is 2.62 bits per heavy atom. The molecule has 4 heteroatoms. The van der Waals surface area contributed by atoms with Gasteiger partial charge in [-0.1, -0.05) is 20.8 Å². The van der Waals surface area contributed by atoms with Crippen LogP contribution < -0.4 is 10.1 Å². The van der Waals surface area contributed by atoms with Crippen molar-refractivity contribution in [1.29, 1.82) is 0 Å². The number of nitrogens with one attached hydrogen (secondary N) is 1. The van der Waals surface area contributed by atoms with E-state index in [9.17, 15) is 4.79 Å². The predicted molar refractivity (Wildman–Crippen MR) is 97.5 cm³/mol. The van der Waals surface area contributed by atoms with E-state index in [0.29, 0.717) is 25.0 Å². The summed E-state index contributed by atoms with van der Waals surface area (Å²) in [5.74, 6) is 1.64. The van der Waals surface area contributed by atoms with E-state index in [-0.39, 0.29) is 5.91 Å². The van der Waals surface area contributed by atoms with E-state index in [1.165, 1.54) is 0 Å². The molecule has 0 spiro atoms. The highest BCUT2D eigenvalue weighted by molar-refractivity contribution is 5.97. The van der Waals surface area contributed by atoms with Crippen LogP contribution in [0.15, 0.2) is 18.2 Å². The lowest BCUT2D eigenvalue weighted by Crippen LogP contribution is -2.45. The normalized spacial score (nSPS) is 16.8. The molecular formula is C20H31NO3. The molecule has 0 unspecified atom stereocenters. The van der Waals surface area contributed by atoms with E-state index < -0.39 is 5.60 Å². The van der Waals surface area contributed by atoms with Gasteiger partial charge in [-0.2, -0.15) is 0 Å². The third kappa shape index (κ3) is 4.73. The van der Waals surface area contributed by atoms with Crippen molar-refractivity contribution < 1.29 is 14.3 Å². The lowest BCUT2D eigenvalue weighted by atomic mass is 9.98. The van der Waals surface area contributed by atoms with Crippen LogP contribution in [0, 0.1) is 18.8 Å². The fourth-order valence-corrected chi connectivity index (χ4v) is 2.72. The predicted octanol–water partition coefficient (Wildman–Crippen LogP) is 4.56. The second-order valence-corrected chi connectivity index (χ2v) is 7.37. The summed E-state index contributed by atoms with van der Waals surface area (Å²) < 4.78 is 11.7. The number of anilines is 1. The molecule has 1 amide bonds. The number of hydrogen-bond donors (Lipinski definition) is 1. The number of aryl methyl sites for hydroxylation is 1. The lowest BCUT2D eigenvalue weighted by molar-refractivity contribution is -0.142. The highest BCUT2D eigenvalue weighted by Crippen LogP contribution is 2.42. The molecule has 4 nitrogen and oxygen atoms in total. The molecule has 1 aliphatic carbocycles. The molecule has 1 fully saturated rings. The van der Waals surface area contributed by atoms with Gasteiger partial charge in [-0.25, -0.2) is 0 Å². The molecule has 0 bridgehead atoms. The summed E-state index contributed by atoms with van der Waals surface area (Å²) in [6.45, 7) is 11.5. The van der Waals surface area contributed by atoms with Crippen LogP contribution >= 0.6 is 0 Å². The van der Waals surface area contributed by atoms with Gasteiger partial charge < -0.3 is 14.8 Å². The zero-order chi connectivity index (χ0) is 17.7. The third-order valence-electron chi connectivity index (χ3n) is 4.42. The molecule has 1 aromatic rings. The molecule has 0 saturated heterocycles. The van der Waals surface area contributed by atoms with Crippen LogP contribution in [0.2, 0.25) is 0 Å². The van der Waals surface area contributed by atoms with E-state index in [1.807, 2.05) is 32.0 Å². The number of carbonyl (C=O) groups excluding carboxylic acids is 1. The van der Waals surface area contributed by atoms with Crippen molar-refractivity contribution in [1.82, 2.24) is 0 Å². The van der Waals surface area contributed by atoms with Crippen molar-refractivity contribution in [2.24, 2.45) is 11.8 Å². The van der Waals surface area contributed by atoms with Gasteiger partial charge in [-0.05, 0) is 68.7 Å². The fourth-order valence-electron chi connectivity index (χ4n) is 2.72. The first-order valence-corrected chi connectivity index (χ1v) is 9.05. The number of amides is 1. The smallest absolute Gasteiger partial charge is 0.256 e. The summed E-state index contributed by atoms with van der Waals surface area (Å²) in [5, 5.41) is 3.03. The Bertz CT molecular complexity index is 566. The zero-order valence-corrected chi connectivity index (χ0v) is 15.6. The van der Waals surface area contributed by atoms with Gasteiger partial charge in [-0.15, -0.1) is 0 Å². The quantitative estimate of drug-likeness (QED) is 0.720. The number of hydrogen-bond acceptors (Lipinski definition) is 3. The van der Waals surface area contributed by atoms with E-state index in [0.717, 1.165) is 36.3 Å². The van der Waals surface area contributed by atoms with Crippen LogP contribution in [0.3, 0.4) is 0 Å². The Hall–Kier alpha value is -1.55. The molecule has 1 atom stereocenters. The number of rotatable bonds is 9. The van der Waals surface area contributed by atoms with E-state index in [4.69, 9.17) is 9.47 Å². The SMILES string of the molecule is CCCO[C@](C)(C(=O)Nc1ccc(OCC(C)C)c(C)c1)C1CC1. The van der Waals surface area contributed by atoms with Gasteiger partial charge in [0, 0.05) is 12.3 Å². The first-order chi connectivity index (χ1) is 11.4. The van der Waals surface area contributed by atoms with E-state index in [2.05, 4.69) is 26.1 Å². The average molecular weight is 333 g/mol. The summed E-state index contributed by atoms with van der Waals surface area (Å²) in [6.07, 6.45) is 3.04. The molecule has 0 heterocycles. The molecule has 1 aliphatic rings. The van der Waals surface area contributed by atoms with Gasteiger partial charge in [0.05, 0.1) is 6.61 Å². The van der Waals surface area contributed by atoms with Crippen molar-refractivity contribution in [2.45, 2.75) is 59.5 Å². The van der Waals surface area contributed by atoms with Gasteiger partial charge in [-0.3, -0.25) is 4.79 Å².